The fraction of sp³-hybridized carbons (Fsp3) is 0.833. The molecule has 0 bridgehead atoms. The molecule has 0 spiro atoms. The third kappa shape index (κ3) is 3.35. The molecule has 1 fully saturated rings. The van der Waals surface area contributed by atoms with E-state index in [0.29, 0.717) is 12.8 Å². The molecule has 2 amide bonds. The average Bonchev–Trinajstić information content (AvgIpc) is 2.19. The Kier molecular flexibility index (Phi) is 3.90. The molecule has 1 saturated heterocycles. The van der Waals surface area contributed by atoms with Gasteiger partial charge in [-0.3, -0.25) is 4.79 Å². The van der Waals surface area contributed by atoms with E-state index in [9.17, 15) is 9.59 Å². The van der Waals surface area contributed by atoms with Crippen molar-refractivity contribution in [2.24, 2.45) is 11.5 Å². The number of likely N-dealkylation sites (tertiary alicyclic amines) is 1. The highest BCUT2D eigenvalue weighted by Gasteiger charge is 2.42. The number of hydrogen-bond donors (Lipinski definition) is 2. The summed E-state index contributed by atoms with van der Waals surface area (Å²) in [5.41, 5.74) is 9.51. The molecule has 18 heavy (non-hydrogen) atoms. The molecular weight excluding hydrogens is 234 g/mol. The van der Waals surface area contributed by atoms with E-state index in [-0.39, 0.29) is 12.6 Å². The number of ether oxygens (including phenoxy) is 1. The van der Waals surface area contributed by atoms with Crippen LogP contribution in [-0.4, -0.2) is 40.6 Å². The molecule has 0 aromatic rings. The van der Waals surface area contributed by atoms with E-state index in [1.165, 1.54) is 4.90 Å². The molecule has 4 N–H and O–H groups in total. The van der Waals surface area contributed by atoms with E-state index >= 15 is 0 Å². The van der Waals surface area contributed by atoms with E-state index in [2.05, 4.69) is 0 Å². The molecule has 2 atom stereocenters. The summed E-state index contributed by atoms with van der Waals surface area (Å²) in [7, 11) is 0. The Morgan fingerprint density at radius 2 is 1.94 bits per heavy atom. The normalized spacial score (nSPS) is 28.9. The van der Waals surface area contributed by atoms with Crippen LogP contribution >= 0.6 is 0 Å². The number of piperidine rings is 1. The summed E-state index contributed by atoms with van der Waals surface area (Å²) >= 11 is 0. The first kappa shape index (κ1) is 14.8. The van der Waals surface area contributed by atoms with Crippen molar-refractivity contribution in [2.75, 3.05) is 6.54 Å². The highest BCUT2D eigenvalue weighted by molar-refractivity contribution is 5.85. The van der Waals surface area contributed by atoms with Crippen LogP contribution in [0.25, 0.3) is 0 Å². The zero-order valence-electron chi connectivity index (χ0n) is 11.5. The minimum absolute atomic E-state index is 0.00382. The second kappa shape index (κ2) is 4.76. The molecule has 0 radical (unpaired) electrons. The predicted molar refractivity (Wildman–Crippen MR) is 67.7 cm³/mol. The number of carbonyl (C=O) groups excluding carboxylic acids is 2. The fourth-order valence-electron chi connectivity index (χ4n) is 1.93. The third-order valence-corrected chi connectivity index (χ3v) is 3.11. The van der Waals surface area contributed by atoms with E-state index in [1.54, 1.807) is 20.8 Å². The lowest BCUT2D eigenvalue weighted by Gasteiger charge is -2.42. The molecule has 2 unspecified atom stereocenters. The standard InChI is InChI=1S/C12H23N3O3/c1-8-5-6-12(14,9(13)16)7-15(8)10(17)18-11(2,3)4/h8H,5-7,14H2,1-4H3,(H2,13,16). The minimum Gasteiger partial charge on any atom is -0.444 e. The molecular formula is C12H23N3O3. The van der Waals surface area contributed by atoms with Gasteiger partial charge in [-0.15, -0.1) is 0 Å². The molecule has 1 heterocycles. The Labute approximate surface area is 108 Å². The Bertz CT molecular complexity index is 351. The first-order valence-electron chi connectivity index (χ1n) is 6.13. The molecule has 0 aliphatic carbocycles. The van der Waals surface area contributed by atoms with Crippen LogP contribution in [0.4, 0.5) is 4.79 Å². The molecule has 6 heteroatoms. The van der Waals surface area contributed by atoms with Crippen molar-refractivity contribution in [1.29, 1.82) is 0 Å². The molecule has 1 aliphatic heterocycles. The van der Waals surface area contributed by atoms with Gasteiger partial charge in [-0.05, 0) is 40.5 Å². The Morgan fingerprint density at radius 3 is 2.39 bits per heavy atom. The van der Waals surface area contributed by atoms with Gasteiger partial charge in [0.15, 0.2) is 0 Å². The van der Waals surface area contributed by atoms with Crippen LogP contribution in [0, 0.1) is 0 Å². The van der Waals surface area contributed by atoms with E-state index in [0.717, 1.165) is 0 Å². The van der Waals surface area contributed by atoms with Crippen molar-refractivity contribution in [2.45, 2.75) is 57.7 Å². The van der Waals surface area contributed by atoms with Gasteiger partial charge in [-0.2, -0.15) is 0 Å². The minimum atomic E-state index is -1.15. The van der Waals surface area contributed by atoms with Crippen LogP contribution in [-0.2, 0) is 9.53 Å². The van der Waals surface area contributed by atoms with Crippen LogP contribution in [0.2, 0.25) is 0 Å². The second-order valence-corrected chi connectivity index (χ2v) is 6.02. The lowest BCUT2D eigenvalue weighted by atomic mass is 9.86. The van der Waals surface area contributed by atoms with E-state index in [1.807, 2.05) is 6.92 Å². The summed E-state index contributed by atoms with van der Waals surface area (Å²) in [5, 5.41) is 0. The summed E-state index contributed by atoms with van der Waals surface area (Å²) in [6, 6.07) is -0.00382. The Hall–Kier alpha value is -1.30. The zero-order valence-corrected chi connectivity index (χ0v) is 11.5. The molecule has 0 saturated carbocycles. The molecule has 1 aliphatic rings. The predicted octanol–water partition coefficient (Wildman–Crippen LogP) is 0.589. The van der Waals surface area contributed by atoms with Gasteiger partial charge < -0.3 is 21.1 Å². The zero-order chi connectivity index (χ0) is 14.1. The smallest absolute Gasteiger partial charge is 0.410 e. The van der Waals surface area contributed by atoms with Gasteiger partial charge >= 0.3 is 6.09 Å². The maximum Gasteiger partial charge on any atom is 0.410 e. The topological polar surface area (TPSA) is 98.6 Å². The van der Waals surface area contributed by atoms with Gasteiger partial charge in [0.25, 0.3) is 0 Å². The summed E-state index contributed by atoms with van der Waals surface area (Å²) in [6.07, 6.45) is 0.673. The van der Waals surface area contributed by atoms with Crippen molar-refractivity contribution in [3.63, 3.8) is 0 Å². The van der Waals surface area contributed by atoms with Crippen molar-refractivity contribution in [3.8, 4) is 0 Å². The average molecular weight is 257 g/mol. The van der Waals surface area contributed by atoms with Crippen LogP contribution in [0.1, 0.15) is 40.5 Å². The number of rotatable bonds is 1. The van der Waals surface area contributed by atoms with Gasteiger partial charge in [0, 0.05) is 6.04 Å². The monoisotopic (exact) mass is 257 g/mol. The van der Waals surface area contributed by atoms with Gasteiger partial charge in [0.1, 0.15) is 11.1 Å². The second-order valence-electron chi connectivity index (χ2n) is 6.02. The van der Waals surface area contributed by atoms with Crippen molar-refractivity contribution in [1.82, 2.24) is 4.90 Å². The molecule has 104 valence electrons. The largest absolute Gasteiger partial charge is 0.444 e. The number of primary amides is 1. The summed E-state index contributed by atoms with van der Waals surface area (Å²) in [4.78, 5) is 24.9. The molecule has 1 rings (SSSR count). The first-order valence-corrected chi connectivity index (χ1v) is 6.13. The van der Waals surface area contributed by atoms with Crippen LogP contribution in [0.3, 0.4) is 0 Å². The van der Waals surface area contributed by atoms with Crippen molar-refractivity contribution >= 4 is 12.0 Å². The number of nitrogens with zero attached hydrogens (tertiary/aromatic N) is 1. The maximum absolute atomic E-state index is 12.0. The number of nitrogens with two attached hydrogens (primary N) is 2. The van der Waals surface area contributed by atoms with Crippen LogP contribution in [0.5, 0.6) is 0 Å². The van der Waals surface area contributed by atoms with Gasteiger partial charge in [0.05, 0.1) is 6.54 Å². The third-order valence-electron chi connectivity index (χ3n) is 3.11. The summed E-state index contributed by atoms with van der Waals surface area (Å²) < 4.78 is 5.30. The fourth-order valence-corrected chi connectivity index (χ4v) is 1.93. The molecule has 6 nitrogen and oxygen atoms in total. The molecule has 0 aromatic carbocycles. The number of hydrogen-bond acceptors (Lipinski definition) is 4. The van der Waals surface area contributed by atoms with E-state index in [4.69, 9.17) is 16.2 Å². The van der Waals surface area contributed by atoms with Gasteiger partial charge in [-0.1, -0.05) is 0 Å². The lowest BCUT2D eigenvalue weighted by Crippen LogP contribution is -2.64. The first-order chi connectivity index (χ1) is 8.05. The summed E-state index contributed by atoms with van der Waals surface area (Å²) in [5.74, 6) is -0.581. The maximum atomic E-state index is 12.0. The van der Waals surface area contributed by atoms with Gasteiger partial charge in [-0.25, -0.2) is 4.79 Å². The molecule has 0 aromatic heterocycles. The van der Waals surface area contributed by atoms with Crippen LogP contribution < -0.4 is 11.5 Å². The van der Waals surface area contributed by atoms with Crippen molar-refractivity contribution < 1.29 is 14.3 Å². The summed E-state index contributed by atoms with van der Waals surface area (Å²) in [6.45, 7) is 7.40. The van der Waals surface area contributed by atoms with Crippen molar-refractivity contribution in [3.05, 3.63) is 0 Å². The van der Waals surface area contributed by atoms with Gasteiger partial charge in [0.2, 0.25) is 5.91 Å². The van der Waals surface area contributed by atoms with E-state index < -0.39 is 23.1 Å². The SMILES string of the molecule is CC1CCC(N)(C(N)=O)CN1C(=O)OC(C)(C)C. The number of carbonyl (C=O) groups is 2. The lowest BCUT2D eigenvalue weighted by molar-refractivity contribution is -0.125. The number of amides is 2. The highest BCUT2D eigenvalue weighted by Crippen LogP contribution is 2.25. The highest BCUT2D eigenvalue weighted by atomic mass is 16.6. The van der Waals surface area contributed by atoms with Crippen LogP contribution in [0.15, 0.2) is 0 Å². The Morgan fingerprint density at radius 1 is 1.39 bits per heavy atom. The quantitative estimate of drug-likeness (QED) is 0.718. The Balaban J connectivity index is 2.80.